The highest BCUT2D eigenvalue weighted by Gasteiger charge is 2.24. The second-order valence-corrected chi connectivity index (χ2v) is 7.26. The molecule has 1 fully saturated rings. The average Bonchev–Trinajstić information content (AvgIpc) is 3.14. The van der Waals surface area contributed by atoms with Crippen LogP contribution in [-0.4, -0.2) is 28.2 Å². The quantitative estimate of drug-likeness (QED) is 0.681. The second-order valence-electron chi connectivity index (χ2n) is 6.85. The molecule has 0 atom stereocenters. The molecule has 2 heterocycles. The van der Waals surface area contributed by atoms with Crippen molar-refractivity contribution in [2.24, 2.45) is 0 Å². The lowest BCUT2D eigenvalue weighted by Crippen LogP contribution is -2.32. The minimum atomic E-state index is -0.218. The molecule has 0 saturated carbocycles. The van der Waals surface area contributed by atoms with Crippen molar-refractivity contribution in [1.82, 2.24) is 15.1 Å². The minimum Gasteiger partial charge on any atom is -0.299 e. The van der Waals surface area contributed by atoms with Gasteiger partial charge in [0, 0.05) is 28.7 Å². The summed E-state index contributed by atoms with van der Waals surface area (Å²) in [6.45, 7) is 2.90. The van der Waals surface area contributed by atoms with Gasteiger partial charge in [-0.3, -0.25) is 10.00 Å². The molecule has 4 rings (SSSR count). The van der Waals surface area contributed by atoms with Crippen molar-refractivity contribution in [2.75, 3.05) is 13.1 Å². The summed E-state index contributed by atoms with van der Waals surface area (Å²) in [4.78, 5) is 2.44. The predicted octanol–water partition coefficient (Wildman–Crippen LogP) is 5.25. The average molecular weight is 370 g/mol. The van der Waals surface area contributed by atoms with E-state index in [-0.39, 0.29) is 5.82 Å². The van der Waals surface area contributed by atoms with Crippen LogP contribution in [0.25, 0.3) is 11.1 Å². The highest BCUT2D eigenvalue weighted by molar-refractivity contribution is 6.31. The molecule has 3 nitrogen and oxygen atoms in total. The summed E-state index contributed by atoms with van der Waals surface area (Å²) in [5, 5.41) is 8.21. The summed E-state index contributed by atoms with van der Waals surface area (Å²) < 4.78 is 13.6. The van der Waals surface area contributed by atoms with Gasteiger partial charge in [-0.1, -0.05) is 41.9 Å². The molecule has 134 valence electrons. The Kier molecular flexibility index (Phi) is 5.05. The maximum atomic E-state index is 13.6. The first-order chi connectivity index (χ1) is 12.7. The maximum absolute atomic E-state index is 13.6. The van der Waals surface area contributed by atoms with E-state index in [1.165, 1.54) is 11.6 Å². The van der Waals surface area contributed by atoms with Crippen LogP contribution in [0.4, 0.5) is 4.39 Å². The van der Waals surface area contributed by atoms with E-state index in [0.29, 0.717) is 5.92 Å². The second kappa shape index (κ2) is 7.60. The smallest absolute Gasteiger partial charge is 0.123 e. The Morgan fingerprint density at radius 3 is 2.69 bits per heavy atom. The molecule has 0 aliphatic carbocycles. The van der Waals surface area contributed by atoms with Gasteiger partial charge in [0.2, 0.25) is 0 Å². The van der Waals surface area contributed by atoms with E-state index < -0.39 is 0 Å². The molecule has 0 unspecified atom stereocenters. The lowest BCUT2D eigenvalue weighted by Gasteiger charge is -2.32. The molecular weight excluding hydrogens is 349 g/mol. The molecule has 1 aliphatic rings. The number of rotatable bonds is 4. The van der Waals surface area contributed by atoms with Crippen molar-refractivity contribution in [3.8, 4) is 11.1 Å². The van der Waals surface area contributed by atoms with Gasteiger partial charge in [-0.05, 0) is 55.3 Å². The maximum Gasteiger partial charge on any atom is 0.123 e. The van der Waals surface area contributed by atoms with E-state index in [0.717, 1.165) is 54.3 Å². The zero-order chi connectivity index (χ0) is 17.9. The van der Waals surface area contributed by atoms with Gasteiger partial charge in [-0.2, -0.15) is 5.10 Å². The third-order valence-corrected chi connectivity index (χ3v) is 5.52. The van der Waals surface area contributed by atoms with Crippen LogP contribution in [0, 0.1) is 5.82 Å². The van der Waals surface area contributed by atoms with Crippen LogP contribution in [0.3, 0.4) is 0 Å². The van der Waals surface area contributed by atoms with Crippen molar-refractivity contribution in [3.05, 3.63) is 76.8 Å². The number of aromatic nitrogens is 2. The topological polar surface area (TPSA) is 31.9 Å². The van der Waals surface area contributed by atoms with Crippen LogP contribution in [-0.2, 0) is 6.54 Å². The zero-order valence-electron chi connectivity index (χ0n) is 14.5. The number of nitrogens with zero attached hydrogens (tertiary/aromatic N) is 2. The molecule has 1 N–H and O–H groups in total. The summed E-state index contributed by atoms with van der Waals surface area (Å²) in [6, 6.07) is 14.7. The standard InChI is InChI=1S/C21H21ClFN3/c22-20-7-2-1-4-17(20)14-26-10-8-15(9-11-26)21-19(13-24-25-21)16-5-3-6-18(23)12-16/h1-7,12-13,15H,8-11,14H2,(H,24,25). The summed E-state index contributed by atoms with van der Waals surface area (Å²) in [6.07, 6.45) is 3.91. The van der Waals surface area contributed by atoms with E-state index in [1.54, 1.807) is 18.3 Å². The van der Waals surface area contributed by atoms with Crippen LogP contribution in [0.1, 0.15) is 30.0 Å². The molecule has 0 spiro atoms. The van der Waals surface area contributed by atoms with Crippen molar-refractivity contribution >= 4 is 11.6 Å². The SMILES string of the molecule is Fc1cccc(-c2cn[nH]c2C2CCN(Cc3ccccc3Cl)CC2)c1. The van der Waals surface area contributed by atoms with Crippen LogP contribution >= 0.6 is 11.6 Å². The third kappa shape index (κ3) is 3.67. The van der Waals surface area contributed by atoms with Crippen LogP contribution < -0.4 is 0 Å². The molecule has 0 amide bonds. The van der Waals surface area contributed by atoms with Crippen molar-refractivity contribution in [3.63, 3.8) is 0 Å². The summed E-state index contributed by atoms with van der Waals surface area (Å²) >= 11 is 6.28. The number of hydrogen-bond acceptors (Lipinski definition) is 2. The normalized spacial score (nSPS) is 16.1. The van der Waals surface area contributed by atoms with Crippen LogP contribution in [0.2, 0.25) is 5.02 Å². The van der Waals surface area contributed by atoms with Crippen molar-refractivity contribution < 1.29 is 4.39 Å². The van der Waals surface area contributed by atoms with E-state index in [9.17, 15) is 4.39 Å². The van der Waals surface area contributed by atoms with E-state index in [4.69, 9.17) is 11.6 Å². The fourth-order valence-corrected chi connectivity index (χ4v) is 3.94. The van der Waals surface area contributed by atoms with Crippen molar-refractivity contribution in [1.29, 1.82) is 0 Å². The van der Waals surface area contributed by atoms with Gasteiger partial charge in [0.1, 0.15) is 5.82 Å². The Labute approximate surface area is 157 Å². The highest BCUT2D eigenvalue weighted by atomic mass is 35.5. The first-order valence-corrected chi connectivity index (χ1v) is 9.33. The number of piperidine rings is 1. The van der Waals surface area contributed by atoms with Gasteiger partial charge in [-0.25, -0.2) is 4.39 Å². The lowest BCUT2D eigenvalue weighted by atomic mass is 9.89. The Morgan fingerprint density at radius 1 is 1.12 bits per heavy atom. The number of H-pyrrole nitrogens is 1. The number of hydrogen-bond donors (Lipinski definition) is 1. The first-order valence-electron chi connectivity index (χ1n) is 8.95. The first kappa shape index (κ1) is 17.3. The Balaban J connectivity index is 1.44. The zero-order valence-corrected chi connectivity index (χ0v) is 15.2. The number of aromatic amines is 1. The summed E-state index contributed by atoms with van der Waals surface area (Å²) in [5.41, 5.74) is 4.18. The van der Waals surface area contributed by atoms with Gasteiger partial charge in [0.25, 0.3) is 0 Å². The molecule has 2 aromatic carbocycles. The molecular formula is C21H21ClFN3. The van der Waals surface area contributed by atoms with Gasteiger partial charge in [-0.15, -0.1) is 0 Å². The van der Waals surface area contributed by atoms with Gasteiger partial charge >= 0.3 is 0 Å². The fraction of sp³-hybridized carbons (Fsp3) is 0.286. The third-order valence-electron chi connectivity index (χ3n) is 5.15. The molecule has 5 heteroatoms. The summed E-state index contributed by atoms with van der Waals surface area (Å²) in [7, 11) is 0. The number of nitrogens with one attached hydrogen (secondary N) is 1. The molecule has 0 radical (unpaired) electrons. The monoisotopic (exact) mass is 369 g/mol. The molecule has 1 saturated heterocycles. The van der Waals surface area contributed by atoms with Crippen LogP contribution in [0.15, 0.2) is 54.7 Å². The molecule has 1 aromatic heterocycles. The van der Waals surface area contributed by atoms with Crippen LogP contribution in [0.5, 0.6) is 0 Å². The van der Waals surface area contributed by atoms with Gasteiger partial charge in [0.05, 0.1) is 6.20 Å². The minimum absolute atomic E-state index is 0.218. The Morgan fingerprint density at radius 2 is 1.92 bits per heavy atom. The lowest BCUT2D eigenvalue weighted by molar-refractivity contribution is 0.203. The summed E-state index contributed by atoms with van der Waals surface area (Å²) in [5.74, 6) is 0.197. The van der Waals surface area contributed by atoms with Crippen molar-refractivity contribution in [2.45, 2.75) is 25.3 Å². The fourth-order valence-electron chi connectivity index (χ4n) is 3.74. The molecule has 26 heavy (non-hydrogen) atoms. The largest absolute Gasteiger partial charge is 0.299 e. The number of likely N-dealkylation sites (tertiary alicyclic amines) is 1. The van der Waals surface area contributed by atoms with Gasteiger partial charge in [0.15, 0.2) is 0 Å². The van der Waals surface area contributed by atoms with E-state index in [1.807, 2.05) is 24.3 Å². The molecule has 0 bridgehead atoms. The van der Waals surface area contributed by atoms with E-state index >= 15 is 0 Å². The highest BCUT2D eigenvalue weighted by Crippen LogP contribution is 2.34. The Hall–Kier alpha value is -2.17. The number of benzene rings is 2. The molecule has 1 aliphatic heterocycles. The molecule has 3 aromatic rings. The Bertz CT molecular complexity index is 884. The predicted molar refractivity (Wildman–Crippen MR) is 103 cm³/mol. The van der Waals surface area contributed by atoms with Gasteiger partial charge < -0.3 is 0 Å². The number of halogens is 2. The van der Waals surface area contributed by atoms with E-state index in [2.05, 4.69) is 21.2 Å².